The number of amides is 1. The maximum atomic E-state index is 12.1. The molecule has 2 aromatic heterocycles. The molecule has 116 valence electrons. The number of carbonyl (C=O) groups is 1. The second-order valence-corrected chi connectivity index (χ2v) is 5.09. The Morgan fingerprint density at radius 2 is 2.36 bits per heavy atom. The molecule has 1 fully saturated rings. The van der Waals surface area contributed by atoms with Gasteiger partial charge in [-0.3, -0.25) is 9.78 Å². The molecule has 0 aromatic carbocycles. The maximum absolute atomic E-state index is 12.1. The van der Waals surface area contributed by atoms with E-state index in [4.69, 9.17) is 9.47 Å². The number of rotatable bonds is 4. The molecule has 0 aliphatic carbocycles. The molecule has 22 heavy (non-hydrogen) atoms. The first-order valence-electron chi connectivity index (χ1n) is 7.06. The largest absolute Gasteiger partial charge is 0.484 e. The molecule has 3 rings (SSSR count). The summed E-state index contributed by atoms with van der Waals surface area (Å²) in [6, 6.07) is 3.58. The predicted octanol–water partition coefficient (Wildman–Crippen LogP) is 0.474. The predicted molar refractivity (Wildman–Crippen MR) is 76.5 cm³/mol. The number of pyridine rings is 1. The van der Waals surface area contributed by atoms with Crippen molar-refractivity contribution in [2.45, 2.75) is 25.5 Å². The van der Waals surface area contributed by atoms with Gasteiger partial charge in [0, 0.05) is 12.3 Å². The molecule has 0 spiro atoms. The highest BCUT2D eigenvalue weighted by Gasteiger charge is 2.29. The minimum atomic E-state index is -0.281. The zero-order chi connectivity index (χ0) is 15.4. The molecule has 3 heterocycles. The summed E-state index contributed by atoms with van der Waals surface area (Å²) in [4.78, 5) is 16.3. The molecule has 1 aliphatic heterocycles. The number of aryl methyl sites for hydroxylation is 1. The van der Waals surface area contributed by atoms with E-state index in [-0.39, 0.29) is 23.7 Å². The zero-order valence-electron chi connectivity index (χ0n) is 12.2. The van der Waals surface area contributed by atoms with Gasteiger partial charge in [-0.25, -0.2) is 0 Å². The molecule has 8 nitrogen and oxygen atoms in total. The van der Waals surface area contributed by atoms with E-state index in [0.717, 1.165) is 5.69 Å². The van der Waals surface area contributed by atoms with Gasteiger partial charge in [0.25, 0.3) is 5.91 Å². The molecule has 0 saturated carbocycles. The van der Waals surface area contributed by atoms with Gasteiger partial charge in [0.1, 0.15) is 11.9 Å². The monoisotopic (exact) mass is 303 g/mol. The van der Waals surface area contributed by atoms with Crippen molar-refractivity contribution in [2.24, 2.45) is 0 Å². The van der Waals surface area contributed by atoms with Crippen LogP contribution in [0.5, 0.6) is 5.75 Å². The van der Waals surface area contributed by atoms with Crippen molar-refractivity contribution in [1.29, 1.82) is 0 Å². The summed E-state index contributed by atoms with van der Waals surface area (Å²) in [5.41, 5.74) is 1.17. The number of hydrogen-bond donors (Lipinski definition) is 2. The van der Waals surface area contributed by atoms with E-state index in [2.05, 4.69) is 25.7 Å². The van der Waals surface area contributed by atoms with Crippen molar-refractivity contribution in [3.05, 3.63) is 35.9 Å². The van der Waals surface area contributed by atoms with Crippen LogP contribution in [0.25, 0.3) is 0 Å². The van der Waals surface area contributed by atoms with Crippen LogP contribution in [-0.2, 0) is 4.74 Å². The number of H-pyrrole nitrogens is 1. The Kier molecular flexibility index (Phi) is 4.29. The molecule has 1 aliphatic rings. The van der Waals surface area contributed by atoms with Crippen molar-refractivity contribution in [1.82, 2.24) is 25.7 Å². The molecule has 2 aromatic rings. The third-order valence-corrected chi connectivity index (χ3v) is 3.44. The Morgan fingerprint density at radius 3 is 3.09 bits per heavy atom. The van der Waals surface area contributed by atoms with Crippen LogP contribution in [0.1, 0.15) is 22.6 Å². The van der Waals surface area contributed by atoms with Gasteiger partial charge < -0.3 is 14.8 Å². The topological polar surface area (TPSA) is 102 Å². The normalized spacial score (nSPS) is 21.3. The van der Waals surface area contributed by atoms with Gasteiger partial charge in [0.05, 0.1) is 25.0 Å². The van der Waals surface area contributed by atoms with Crippen LogP contribution in [0.3, 0.4) is 0 Å². The first kappa shape index (κ1) is 14.5. The molecule has 2 N–H and O–H groups in total. The fourth-order valence-electron chi connectivity index (χ4n) is 2.25. The summed E-state index contributed by atoms with van der Waals surface area (Å²) in [6.45, 7) is 2.90. The van der Waals surface area contributed by atoms with Gasteiger partial charge in [0.15, 0.2) is 5.69 Å². The Bertz CT molecular complexity index is 614. The quantitative estimate of drug-likeness (QED) is 0.851. The molecule has 1 saturated heterocycles. The van der Waals surface area contributed by atoms with Gasteiger partial charge in [-0.15, -0.1) is 0 Å². The summed E-state index contributed by atoms with van der Waals surface area (Å²) in [7, 11) is 0. The third-order valence-electron chi connectivity index (χ3n) is 3.44. The summed E-state index contributed by atoms with van der Waals surface area (Å²) in [5, 5.41) is 12.7. The third kappa shape index (κ3) is 3.40. The SMILES string of the molecule is Cc1ccc(O[C@@H]2COCC[C@@H]2NC(=O)c2cn[nH]n2)cn1. The molecule has 0 unspecified atom stereocenters. The number of aromatic amines is 1. The van der Waals surface area contributed by atoms with Gasteiger partial charge in [-0.2, -0.15) is 15.4 Å². The molecule has 1 amide bonds. The van der Waals surface area contributed by atoms with Crippen LogP contribution in [0, 0.1) is 6.92 Å². The average molecular weight is 303 g/mol. The summed E-state index contributed by atoms with van der Waals surface area (Å²) >= 11 is 0. The van der Waals surface area contributed by atoms with Gasteiger partial charge in [-0.1, -0.05) is 0 Å². The summed E-state index contributed by atoms with van der Waals surface area (Å²) in [6.07, 6.45) is 3.46. The van der Waals surface area contributed by atoms with Crippen LogP contribution in [0.15, 0.2) is 24.5 Å². The number of ether oxygens (including phenoxy) is 2. The van der Waals surface area contributed by atoms with Crippen LogP contribution in [0.4, 0.5) is 0 Å². The van der Waals surface area contributed by atoms with E-state index >= 15 is 0 Å². The highest BCUT2D eigenvalue weighted by atomic mass is 16.5. The highest BCUT2D eigenvalue weighted by Crippen LogP contribution is 2.17. The Hall–Kier alpha value is -2.48. The van der Waals surface area contributed by atoms with E-state index in [1.807, 2.05) is 19.1 Å². The van der Waals surface area contributed by atoms with E-state index in [1.54, 1.807) is 6.20 Å². The molecule has 8 heteroatoms. The van der Waals surface area contributed by atoms with E-state index < -0.39 is 0 Å². The van der Waals surface area contributed by atoms with Gasteiger partial charge >= 0.3 is 0 Å². The van der Waals surface area contributed by atoms with E-state index in [9.17, 15) is 4.79 Å². The fourth-order valence-corrected chi connectivity index (χ4v) is 2.25. The number of carbonyl (C=O) groups excluding carboxylic acids is 1. The molecule has 0 bridgehead atoms. The standard InChI is InChI=1S/C14H17N5O3/c1-9-2-3-10(6-15-9)22-13-8-21-5-4-11(13)17-14(20)12-7-16-19-18-12/h2-3,6-7,11,13H,4-5,8H2,1H3,(H,17,20)(H,16,18,19)/t11-,13+/m0/s1. The second-order valence-electron chi connectivity index (χ2n) is 5.09. The second kappa shape index (κ2) is 6.52. The molecular formula is C14H17N5O3. The lowest BCUT2D eigenvalue weighted by atomic mass is 10.1. The Labute approximate surface area is 127 Å². The first-order chi connectivity index (χ1) is 10.7. The smallest absolute Gasteiger partial charge is 0.273 e. The first-order valence-corrected chi connectivity index (χ1v) is 7.06. The lowest BCUT2D eigenvalue weighted by Gasteiger charge is -2.32. The number of nitrogens with one attached hydrogen (secondary N) is 2. The number of aromatic nitrogens is 4. The van der Waals surface area contributed by atoms with E-state index in [1.165, 1.54) is 6.20 Å². The zero-order valence-corrected chi connectivity index (χ0v) is 12.2. The maximum Gasteiger partial charge on any atom is 0.273 e. The van der Waals surface area contributed by atoms with Crippen LogP contribution in [0.2, 0.25) is 0 Å². The minimum Gasteiger partial charge on any atom is -0.484 e. The van der Waals surface area contributed by atoms with Crippen LogP contribution in [-0.4, -0.2) is 51.7 Å². The van der Waals surface area contributed by atoms with Crippen molar-refractivity contribution in [3.8, 4) is 5.75 Å². The fraction of sp³-hybridized carbons (Fsp3) is 0.429. The minimum absolute atomic E-state index is 0.153. The molecular weight excluding hydrogens is 286 g/mol. The van der Waals surface area contributed by atoms with Crippen molar-refractivity contribution < 1.29 is 14.3 Å². The Balaban J connectivity index is 1.65. The molecule has 2 atom stereocenters. The number of nitrogens with zero attached hydrogens (tertiary/aromatic N) is 3. The summed E-state index contributed by atoms with van der Waals surface area (Å²) < 4.78 is 11.3. The van der Waals surface area contributed by atoms with Gasteiger partial charge in [-0.05, 0) is 25.5 Å². The highest BCUT2D eigenvalue weighted by molar-refractivity contribution is 5.92. The van der Waals surface area contributed by atoms with Crippen LogP contribution >= 0.6 is 0 Å². The van der Waals surface area contributed by atoms with Crippen LogP contribution < -0.4 is 10.1 Å². The molecule has 0 radical (unpaired) electrons. The Morgan fingerprint density at radius 1 is 1.45 bits per heavy atom. The van der Waals surface area contributed by atoms with Crippen molar-refractivity contribution >= 4 is 5.91 Å². The van der Waals surface area contributed by atoms with E-state index in [0.29, 0.717) is 25.4 Å². The lowest BCUT2D eigenvalue weighted by Crippen LogP contribution is -2.51. The summed E-state index contributed by atoms with van der Waals surface area (Å²) in [5.74, 6) is 0.373. The van der Waals surface area contributed by atoms with Crippen molar-refractivity contribution in [2.75, 3.05) is 13.2 Å². The number of hydrogen-bond acceptors (Lipinski definition) is 6. The average Bonchev–Trinajstić information content (AvgIpc) is 3.06. The lowest BCUT2D eigenvalue weighted by molar-refractivity contribution is -0.0137. The van der Waals surface area contributed by atoms with Crippen molar-refractivity contribution in [3.63, 3.8) is 0 Å². The van der Waals surface area contributed by atoms with Gasteiger partial charge in [0.2, 0.25) is 0 Å².